The minimum atomic E-state index is 0.962. The molecule has 140 valence electrons. The van der Waals surface area contributed by atoms with Gasteiger partial charge in [-0.1, -0.05) is 137 Å². The highest BCUT2D eigenvalue weighted by molar-refractivity contribution is 4.68. The maximum absolute atomic E-state index is 2.55. The van der Waals surface area contributed by atoms with E-state index in [1.54, 1.807) is 0 Å². The Morgan fingerprint density at radius 3 is 1.26 bits per heavy atom. The Morgan fingerprint density at radius 1 is 0.435 bits per heavy atom. The molecule has 0 amide bonds. The summed E-state index contributed by atoms with van der Waals surface area (Å²) in [5.74, 6) is 1.97. The third-order valence-electron chi connectivity index (χ3n) is 5.67. The molecule has 0 rings (SSSR count). The first-order chi connectivity index (χ1) is 11.3. The predicted octanol–water partition coefficient (Wildman–Crippen LogP) is 8.93. The third-order valence-corrected chi connectivity index (χ3v) is 5.67. The van der Waals surface area contributed by atoms with Crippen molar-refractivity contribution in [3.8, 4) is 0 Å². The summed E-state index contributed by atoms with van der Waals surface area (Å²) in [6.45, 7) is 9.51. The van der Waals surface area contributed by atoms with Crippen molar-refractivity contribution in [2.24, 2.45) is 11.8 Å². The summed E-state index contributed by atoms with van der Waals surface area (Å²) < 4.78 is 0. The van der Waals surface area contributed by atoms with Crippen molar-refractivity contribution >= 4 is 0 Å². The van der Waals surface area contributed by atoms with E-state index >= 15 is 0 Å². The Balaban J connectivity index is 3.76. The molecule has 0 fully saturated rings. The molecule has 0 aliphatic carbocycles. The first-order valence-electron chi connectivity index (χ1n) is 11.3. The van der Waals surface area contributed by atoms with E-state index in [9.17, 15) is 0 Å². The van der Waals surface area contributed by atoms with Gasteiger partial charge in [-0.25, -0.2) is 0 Å². The second-order valence-electron chi connectivity index (χ2n) is 7.99. The average molecular weight is 325 g/mol. The van der Waals surface area contributed by atoms with Crippen LogP contribution in [0, 0.1) is 11.8 Å². The minimum absolute atomic E-state index is 0.962. The van der Waals surface area contributed by atoms with E-state index in [2.05, 4.69) is 27.7 Å². The molecule has 0 nitrogen and oxygen atoms in total. The van der Waals surface area contributed by atoms with E-state index in [1.807, 2.05) is 0 Å². The van der Waals surface area contributed by atoms with Crippen LogP contribution in [-0.4, -0.2) is 0 Å². The lowest BCUT2D eigenvalue weighted by Gasteiger charge is -2.24. The van der Waals surface area contributed by atoms with E-state index in [-0.39, 0.29) is 0 Å². The fourth-order valence-corrected chi connectivity index (χ4v) is 3.86. The van der Waals surface area contributed by atoms with E-state index in [1.165, 1.54) is 109 Å². The predicted molar refractivity (Wildman–Crippen MR) is 108 cm³/mol. The van der Waals surface area contributed by atoms with E-state index in [4.69, 9.17) is 0 Å². The Bertz CT molecular complexity index is 198. The van der Waals surface area contributed by atoms with Gasteiger partial charge < -0.3 is 0 Å². The molecule has 23 heavy (non-hydrogen) atoms. The number of hydrogen-bond donors (Lipinski definition) is 0. The van der Waals surface area contributed by atoms with Crippen molar-refractivity contribution < 1.29 is 0 Å². The van der Waals surface area contributed by atoms with Gasteiger partial charge in [-0.05, 0) is 11.8 Å². The Morgan fingerprint density at radius 2 is 0.783 bits per heavy atom. The first-order valence-corrected chi connectivity index (χ1v) is 11.3. The van der Waals surface area contributed by atoms with Gasteiger partial charge in [0.25, 0.3) is 0 Å². The largest absolute Gasteiger partial charge is 0.0654 e. The summed E-state index contributed by atoms with van der Waals surface area (Å²) in [6, 6.07) is 0. The number of unbranched alkanes of at least 4 members (excludes halogenated alkanes) is 11. The number of hydrogen-bond acceptors (Lipinski definition) is 0. The van der Waals surface area contributed by atoms with Crippen LogP contribution in [0.4, 0.5) is 0 Å². The maximum atomic E-state index is 2.55. The summed E-state index contributed by atoms with van der Waals surface area (Å²) >= 11 is 0. The third kappa shape index (κ3) is 15.3. The Kier molecular flexibility index (Phi) is 18.3. The van der Waals surface area contributed by atoms with Crippen molar-refractivity contribution in [1.82, 2.24) is 0 Å². The van der Waals surface area contributed by atoms with Crippen molar-refractivity contribution in [2.75, 3.05) is 0 Å². The minimum Gasteiger partial charge on any atom is -0.0654 e. The normalized spacial score (nSPS) is 12.9. The first kappa shape index (κ1) is 23.0. The molecule has 0 aromatic carbocycles. The summed E-state index contributed by atoms with van der Waals surface area (Å²) in [5, 5.41) is 0. The fraction of sp³-hybridized carbons (Fsp3) is 1.00. The van der Waals surface area contributed by atoms with Crippen LogP contribution in [0.1, 0.15) is 137 Å². The lowest BCUT2D eigenvalue weighted by Crippen LogP contribution is -2.12. The molecule has 0 bridgehead atoms. The highest BCUT2D eigenvalue weighted by Crippen LogP contribution is 2.29. The summed E-state index contributed by atoms with van der Waals surface area (Å²) in [6.07, 6.45) is 24.7. The molecule has 0 heterocycles. The van der Waals surface area contributed by atoms with Gasteiger partial charge in [-0.2, -0.15) is 0 Å². The molecular formula is C23H48. The summed E-state index contributed by atoms with van der Waals surface area (Å²) in [7, 11) is 0. The van der Waals surface area contributed by atoms with Crippen LogP contribution in [0.5, 0.6) is 0 Å². The van der Waals surface area contributed by atoms with Crippen LogP contribution in [0.15, 0.2) is 0 Å². The highest BCUT2D eigenvalue weighted by Gasteiger charge is 2.16. The number of rotatable bonds is 18. The molecule has 0 aliphatic rings. The van der Waals surface area contributed by atoms with Gasteiger partial charge in [-0.3, -0.25) is 0 Å². The van der Waals surface area contributed by atoms with E-state index < -0.39 is 0 Å². The van der Waals surface area contributed by atoms with Crippen molar-refractivity contribution in [3.05, 3.63) is 0 Å². The standard InChI is InChI=1S/C23H48/c1-5-8-11-12-13-14-15-18-19-22(4)23(20-16-9-6-2)21-17-10-7-3/h22-23H,5-21H2,1-4H3. The molecular weight excluding hydrogens is 276 g/mol. The van der Waals surface area contributed by atoms with E-state index in [0.717, 1.165) is 11.8 Å². The van der Waals surface area contributed by atoms with Gasteiger partial charge in [-0.15, -0.1) is 0 Å². The molecule has 0 saturated carbocycles. The maximum Gasteiger partial charge on any atom is -0.0388 e. The van der Waals surface area contributed by atoms with Crippen LogP contribution < -0.4 is 0 Å². The van der Waals surface area contributed by atoms with Crippen LogP contribution in [0.25, 0.3) is 0 Å². The molecule has 0 heteroatoms. The summed E-state index contributed by atoms with van der Waals surface area (Å²) in [5.41, 5.74) is 0. The molecule has 0 aromatic rings. The average Bonchev–Trinajstić information content (AvgIpc) is 2.56. The van der Waals surface area contributed by atoms with Crippen LogP contribution >= 0.6 is 0 Å². The monoisotopic (exact) mass is 324 g/mol. The van der Waals surface area contributed by atoms with E-state index in [0.29, 0.717) is 0 Å². The summed E-state index contributed by atoms with van der Waals surface area (Å²) in [4.78, 5) is 0. The van der Waals surface area contributed by atoms with Crippen LogP contribution in [0.3, 0.4) is 0 Å². The van der Waals surface area contributed by atoms with Crippen LogP contribution in [0.2, 0.25) is 0 Å². The van der Waals surface area contributed by atoms with Gasteiger partial charge in [0, 0.05) is 0 Å². The van der Waals surface area contributed by atoms with Crippen molar-refractivity contribution in [1.29, 1.82) is 0 Å². The van der Waals surface area contributed by atoms with Gasteiger partial charge in [0.15, 0.2) is 0 Å². The second-order valence-corrected chi connectivity index (χ2v) is 7.99. The van der Waals surface area contributed by atoms with Gasteiger partial charge >= 0.3 is 0 Å². The van der Waals surface area contributed by atoms with Gasteiger partial charge in [0.05, 0.1) is 0 Å². The zero-order valence-corrected chi connectivity index (χ0v) is 17.2. The fourth-order valence-electron chi connectivity index (χ4n) is 3.86. The van der Waals surface area contributed by atoms with Gasteiger partial charge in [0.2, 0.25) is 0 Å². The molecule has 1 atom stereocenters. The second kappa shape index (κ2) is 18.3. The quantitative estimate of drug-likeness (QED) is 0.221. The molecule has 0 radical (unpaired) electrons. The SMILES string of the molecule is CCCCCCCCCCC(C)C(CCCCC)CCCCC. The molecule has 0 spiro atoms. The zero-order valence-electron chi connectivity index (χ0n) is 17.2. The molecule has 0 aromatic heterocycles. The molecule has 0 N–H and O–H groups in total. The van der Waals surface area contributed by atoms with Crippen molar-refractivity contribution in [3.63, 3.8) is 0 Å². The molecule has 0 aliphatic heterocycles. The topological polar surface area (TPSA) is 0 Å². The zero-order chi connectivity index (χ0) is 17.2. The molecule has 1 unspecified atom stereocenters. The lowest BCUT2D eigenvalue weighted by atomic mass is 9.82. The lowest BCUT2D eigenvalue weighted by molar-refractivity contribution is 0.276. The van der Waals surface area contributed by atoms with Crippen molar-refractivity contribution in [2.45, 2.75) is 137 Å². The smallest absolute Gasteiger partial charge is 0.0388 e. The molecule has 0 saturated heterocycles. The Hall–Kier alpha value is 0. The Labute approximate surface area is 149 Å². The van der Waals surface area contributed by atoms with Gasteiger partial charge in [0.1, 0.15) is 0 Å². The highest BCUT2D eigenvalue weighted by atomic mass is 14.2. The van der Waals surface area contributed by atoms with Crippen LogP contribution in [-0.2, 0) is 0 Å².